The number of hydrogen-bond acceptors (Lipinski definition) is 4. The standard InChI is InChI=1S/C14H23N3O/c1-11-9-14(18-2)6-8-17(11)7-5-13-4-3-12(15)10-16-13/h3-4,10-11,14H,5-9,15H2,1-2H3. The summed E-state index contributed by atoms with van der Waals surface area (Å²) in [6.07, 6.45) is 5.42. The van der Waals surface area contributed by atoms with Crippen molar-refractivity contribution in [1.29, 1.82) is 0 Å². The van der Waals surface area contributed by atoms with Gasteiger partial charge < -0.3 is 15.4 Å². The van der Waals surface area contributed by atoms with Gasteiger partial charge in [0.2, 0.25) is 0 Å². The molecular formula is C14H23N3O. The summed E-state index contributed by atoms with van der Waals surface area (Å²) in [5.41, 5.74) is 7.48. The van der Waals surface area contributed by atoms with E-state index in [0.29, 0.717) is 12.1 Å². The van der Waals surface area contributed by atoms with E-state index < -0.39 is 0 Å². The number of nitrogens with two attached hydrogens (primary N) is 1. The molecule has 2 N–H and O–H groups in total. The van der Waals surface area contributed by atoms with Crippen molar-refractivity contribution >= 4 is 5.69 Å². The highest BCUT2D eigenvalue weighted by Crippen LogP contribution is 2.19. The average Bonchev–Trinajstić information content (AvgIpc) is 2.39. The van der Waals surface area contributed by atoms with Crippen molar-refractivity contribution in [2.75, 3.05) is 25.9 Å². The predicted molar refractivity (Wildman–Crippen MR) is 73.4 cm³/mol. The lowest BCUT2D eigenvalue weighted by Gasteiger charge is -2.37. The molecule has 2 heterocycles. The molecule has 2 unspecified atom stereocenters. The number of nitrogen functional groups attached to an aromatic ring is 1. The third-order valence-corrected chi connectivity index (χ3v) is 3.80. The maximum atomic E-state index is 5.63. The van der Waals surface area contributed by atoms with Crippen molar-refractivity contribution in [2.24, 2.45) is 0 Å². The van der Waals surface area contributed by atoms with Crippen LogP contribution in [0.15, 0.2) is 18.3 Å². The van der Waals surface area contributed by atoms with Crippen LogP contribution in [0.2, 0.25) is 0 Å². The van der Waals surface area contributed by atoms with E-state index in [2.05, 4.69) is 16.8 Å². The van der Waals surface area contributed by atoms with Crippen LogP contribution < -0.4 is 5.73 Å². The minimum absolute atomic E-state index is 0.436. The molecule has 1 aliphatic rings. The zero-order valence-corrected chi connectivity index (χ0v) is 11.3. The van der Waals surface area contributed by atoms with Crippen LogP contribution in [0.4, 0.5) is 5.69 Å². The topological polar surface area (TPSA) is 51.4 Å². The zero-order chi connectivity index (χ0) is 13.0. The fourth-order valence-electron chi connectivity index (χ4n) is 2.57. The summed E-state index contributed by atoms with van der Waals surface area (Å²) in [4.78, 5) is 6.86. The summed E-state index contributed by atoms with van der Waals surface area (Å²) >= 11 is 0. The van der Waals surface area contributed by atoms with E-state index in [1.165, 1.54) is 0 Å². The Morgan fingerprint density at radius 2 is 2.33 bits per heavy atom. The molecular weight excluding hydrogens is 226 g/mol. The summed E-state index contributed by atoms with van der Waals surface area (Å²) in [6.45, 7) is 4.46. The molecule has 1 aromatic heterocycles. The molecule has 4 nitrogen and oxygen atoms in total. The second-order valence-corrected chi connectivity index (χ2v) is 5.10. The molecule has 1 aromatic rings. The fourth-order valence-corrected chi connectivity index (χ4v) is 2.57. The van der Waals surface area contributed by atoms with Crippen molar-refractivity contribution < 1.29 is 4.74 Å². The second-order valence-electron chi connectivity index (χ2n) is 5.10. The maximum Gasteiger partial charge on any atom is 0.0598 e. The molecule has 18 heavy (non-hydrogen) atoms. The van der Waals surface area contributed by atoms with Crippen LogP contribution in [-0.4, -0.2) is 42.2 Å². The molecule has 0 saturated carbocycles. The Labute approximate surface area is 109 Å². The molecule has 0 spiro atoms. The quantitative estimate of drug-likeness (QED) is 0.882. The summed E-state index contributed by atoms with van der Waals surface area (Å²) in [6, 6.07) is 4.53. The largest absolute Gasteiger partial charge is 0.397 e. The first-order valence-electron chi connectivity index (χ1n) is 6.66. The fraction of sp³-hybridized carbons (Fsp3) is 0.643. The van der Waals surface area contributed by atoms with Crippen molar-refractivity contribution in [3.8, 4) is 0 Å². The van der Waals surface area contributed by atoms with Crippen LogP contribution in [0.3, 0.4) is 0 Å². The molecule has 1 saturated heterocycles. The number of rotatable bonds is 4. The summed E-state index contributed by atoms with van der Waals surface area (Å²) < 4.78 is 5.43. The lowest BCUT2D eigenvalue weighted by Crippen LogP contribution is -2.44. The number of nitrogens with zero attached hydrogens (tertiary/aromatic N) is 2. The van der Waals surface area contributed by atoms with E-state index in [0.717, 1.165) is 43.7 Å². The Balaban J connectivity index is 1.81. The Kier molecular flexibility index (Phi) is 4.55. The van der Waals surface area contributed by atoms with Crippen LogP contribution in [0.25, 0.3) is 0 Å². The zero-order valence-electron chi connectivity index (χ0n) is 11.3. The molecule has 1 fully saturated rings. The maximum absolute atomic E-state index is 5.63. The van der Waals surface area contributed by atoms with Crippen molar-refractivity contribution in [3.63, 3.8) is 0 Å². The van der Waals surface area contributed by atoms with E-state index in [4.69, 9.17) is 10.5 Å². The smallest absolute Gasteiger partial charge is 0.0598 e. The van der Waals surface area contributed by atoms with Crippen molar-refractivity contribution in [3.05, 3.63) is 24.0 Å². The van der Waals surface area contributed by atoms with Gasteiger partial charge in [0.05, 0.1) is 18.0 Å². The van der Waals surface area contributed by atoms with Gasteiger partial charge in [-0.25, -0.2) is 0 Å². The first kappa shape index (κ1) is 13.3. The summed E-state index contributed by atoms with van der Waals surface area (Å²) in [5, 5.41) is 0. The molecule has 2 atom stereocenters. The highest BCUT2D eigenvalue weighted by atomic mass is 16.5. The van der Waals surface area contributed by atoms with E-state index >= 15 is 0 Å². The molecule has 1 aliphatic heterocycles. The van der Waals surface area contributed by atoms with Gasteiger partial charge in [-0.2, -0.15) is 0 Å². The Bertz CT molecular complexity index is 366. The van der Waals surface area contributed by atoms with Gasteiger partial charge in [-0.3, -0.25) is 4.98 Å². The first-order valence-corrected chi connectivity index (χ1v) is 6.66. The van der Waals surface area contributed by atoms with Gasteiger partial charge in [0.15, 0.2) is 0 Å². The molecule has 0 aromatic carbocycles. The van der Waals surface area contributed by atoms with Crippen LogP contribution in [0.5, 0.6) is 0 Å². The Morgan fingerprint density at radius 1 is 1.50 bits per heavy atom. The molecule has 2 rings (SSSR count). The number of ether oxygens (including phenoxy) is 1. The average molecular weight is 249 g/mol. The van der Waals surface area contributed by atoms with Gasteiger partial charge in [0.25, 0.3) is 0 Å². The first-order chi connectivity index (χ1) is 8.69. The van der Waals surface area contributed by atoms with Gasteiger partial charge in [0.1, 0.15) is 0 Å². The molecule has 0 amide bonds. The molecule has 0 radical (unpaired) electrons. The SMILES string of the molecule is COC1CCN(CCc2ccc(N)cn2)C(C)C1. The highest BCUT2D eigenvalue weighted by Gasteiger charge is 2.24. The van der Waals surface area contributed by atoms with Gasteiger partial charge in [-0.1, -0.05) is 0 Å². The van der Waals surface area contributed by atoms with E-state index in [9.17, 15) is 0 Å². The van der Waals surface area contributed by atoms with Crippen LogP contribution in [0, 0.1) is 0 Å². The minimum atomic E-state index is 0.436. The van der Waals surface area contributed by atoms with Crippen LogP contribution in [0.1, 0.15) is 25.5 Å². The molecule has 0 bridgehead atoms. The highest BCUT2D eigenvalue weighted by molar-refractivity contribution is 5.34. The van der Waals surface area contributed by atoms with Crippen molar-refractivity contribution in [2.45, 2.75) is 38.3 Å². The summed E-state index contributed by atoms with van der Waals surface area (Å²) in [7, 11) is 1.81. The molecule has 0 aliphatic carbocycles. The number of likely N-dealkylation sites (tertiary alicyclic amines) is 1. The normalized spacial score (nSPS) is 25.2. The minimum Gasteiger partial charge on any atom is -0.397 e. The predicted octanol–water partition coefficient (Wildman–Crippen LogP) is 1.71. The van der Waals surface area contributed by atoms with Gasteiger partial charge in [-0.15, -0.1) is 0 Å². The third kappa shape index (κ3) is 3.43. The summed E-state index contributed by atoms with van der Waals surface area (Å²) in [5.74, 6) is 0. The molecule has 4 heteroatoms. The Morgan fingerprint density at radius 3 is 2.94 bits per heavy atom. The molecule has 100 valence electrons. The Hall–Kier alpha value is -1.13. The van der Waals surface area contributed by atoms with Crippen LogP contribution >= 0.6 is 0 Å². The second kappa shape index (κ2) is 6.16. The van der Waals surface area contributed by atoms with E-state index in [1.807, 2.05) is 19.2 Å². The third-order valence-electron chi connectivity index (χ3n) is 3.80. The van der Waals surface area contributed by atoms with Gasteiger partial charge >= 0.3 is 0 Å². The van der Waals surface area contributed by atoms with Gasteiger partial charge in [-0.05, 0) is 31.9 Å². The number of pyridine rings is 1. The monoisotopic (exact) mass is 249 g/mol. The number of anilines is 1. The van der Waals surface area contributed by atoms with E-state index in [1.54, 1.807) is 6.20 Å². The number of piperidine rings is 1. The van der Waals surface area contributed by atoms with E-state index in [-0.39, 0.29) is 0 Å². The van der Waals surface area contributed by atoms with Gasteiger partial charge in [0, 0.05) is 38.4 Å². The lowest BCUT2D eigenvalue weighted by molar-refractivity contribution is 0.0164. The number of hydrogen-bond donors (Lipinski definition) is 1. The van der Waals surface area contributed by atoms with Crippen LogP contribution in [-0.2, 0) is 11.2 Å². The van der Waals surface area contributed by atoms with Crippen molar-refractivity contribution in [1.82, 2.24) is 9.88 Å². The number of methoxy groups -OCH3 is 1. The number of aromatic nitrogens is 1. The lowest BCUT2D eigenvalue weighted by atomic mass is 10.0.